The molecule has 3 nitrogen and oxygen atoms in total. The number of methoxy groups -OCH3 is 1. The predicted molar refractivity (Wildman–Crippen MR) is 127 cm³/mol. The summed E-state index contributed by atoms with van der Waals surface area (Å²) in [5.74, 6) is 0.102. The molecule has 3 atom stereocenters. The molecule has 1 unspecified atom stereocenters. The topological polar surface area (TPSA) is 47.3 Å². The van der Waals surface area contributed by atoms with Crippen molar-refractivity contribution in [3.05, 3.63) is 69.8 Å². The summed E-state index contributed by atoms with van der Waals surface area (Å²) in [5.41, 5.74) is 2.60. The Kier molecular flexibility index (Phi) is 9.65. The van der Waals surface area contributed by atoms with Crippen molar-refractivity contribution in [3.63, 3.8) is 0 Å². The average molecular weight is 571 g/mol. The Morgan fingerprint density at radius 3 is 1.85 bits per heavy atom. The van der Waals surface area contributed by atoms with Gasteiger partial charge >= 0.3 is 18.5 Å². The Hall–Kier alpha value is -2.31. The summed E-state index contributed by atoms with van der Waals surface area (Å²) in [4.78, 5) is 0. The van der Waals surface area contributed by atoms with Crippen molar-refractivity contribution in [1.29, 1.82) is 0 Å². The van der Waals surface area contributed by atoms with Crippen LogP contribution in [-0.4, -0.2) is 13.2 Å². The van der Waals surface area contributed by atoms with Crippen molar-refractivity contribution in [2.24, 2.45) is 11.7 Å². The summed E-state index contributed by atoms with van der Waals surface area (Å²) in [6.07, 6.45) is -10.4. The monoisotopic (exact) mass is 570 g/mol. The zero-order chi connectivity index (χ0) is 29.2. The van der Waals surface area contributed by atoms with Crippen molar-refractivity contribution < 1.29 is 44.3 Å². The minimum atomic E-state index is -5.03. The molecule has 0 aliphatic heterocycles. The third kappa shape index (κ3) is 7.88. The standard InChI is InChI=1S/C27H31F9N2O/c1-15(23(37)17-10-20(26(31,32)33)13-21(11-17)27(34,35)36)38-14-18-12-19(25(28,29)30)8-9-22(18)24(39-2)16-6-4-3-5-7-16/h8-13,15-16,23-24,38H,3-7,14,37H2,1-2H3/t15-,23?,24-/m0/s1. The molecule has 0 saturated heterocycles. The molecule has 0 heterocycles. The van der Waals surface area contributed by atoms with Gasteiger partial charge in [-0.05, 0) is 72.7 Å². The molecule has 3 N–H and O–H groups in total. The summed E-state index contributed by atoms with van der Waals surface area (Å²) in [7, 11) is 1.48. The summed E-state index contributed by atoms with van der Waals surface area (Å²) in [6.45, 7) is 1.28. The van der Waals surface area contributed by atoms with Gasteiger partial charge in [0, 0.05) is 25.7 Å². The first-order valence-corrected chi connectivity index (χ1v) is 12.5. The van der Waals surface area contributed by atoms with E-state index in [0.717, 1.165) is 44.2 Å². The third-order valence-corrected chi connectivity index (χ3v) is 7.26. The van der Waals surface area contributed by atoms with E-state index in [1.807, 2.05) is 0 Å². The number of nitrogens with two attached hydrogens (primary N) is 1. The van der Waals surface area contributed by atoms with E-state index >= 15 is 0 Å². The molecule has 0 amide bonds. The van der Waals surface area contributed by atoms with Gasteiger partial charge < -0.3 is 15.8 Å². The average Bonchev–Trinajstić information content (AvgIpc) is 2.86. The van der Waals surface area contributed by atoms with E-state index < -0.39 is 59.0 Å². The molecular formula is C27H31F9N2O. The van der Waals surface area contributed by atoms with Crippen molar-refractivity contribution in [2.45, 2.75) is 82.3 Å². The predicted octanol–water partition coefficient (Wildman–Crippen LogP) is 8.19. The molecule has 1 saturated carbocycles. The highest BCUT2D eigenvalue weighted by Crippen LogP contribution is 2.40. The maximum absolute atomic E-state index is 13.5. The molecule has 2 aromatic carbocycles. The second-order valence-electron chi connectivity index (χ2n) is 10.0. The number of nitrogens with one attached hydrogen (secondary N) is 1. The number of ether oxygens (including phenoxy) is 1. The van der Waals surface area contributed by atoms with Gasteiger partial charge in [-0.2, -0.15) is 39.5 Å². The molecule has 12 heteroatoms. The van der Waals surface area contributed by atoms with Gasteiger partial charge in [-0.3, -0.25) is 0 Å². The highest BCUT2D eigenvalue weighted by molar-refractivity contribution is 5.37. The molecule has 39 heavy (non-hydrogen) atoms. The van der Waals surface area contributed by atoms with Crippen LogP contribution >= 0.6 is 0 Å². The van der Waals surface area contributed by atoms with E-state index in [-0.39, 0.29) is 24.1 Å². The number of hydrogen-bond donors (Lipinski definition) is 2. The van der Waals surface area contributed by atoms with Crippen LogP contribution < -0.4 is 11.1 Å². The van der Waals surface area contributed by atoms with Crippen LogP contribution in [0.4, 0.5) is 39.5 Å². The quantitative estimate of drug-likeness (QED) is 0.315. The van der Waals surface area contributed by atoms with Crippen molar-refractivity contribution >= 4 is 0 Å². The Morgan fingerprint density at radius 2 is 1.36 bits per heavy atom. The Balaban J connectivity index is 1.90. The van der Waals surface area contributed by atoms with Crippen LogP contribution in [0.25, 0.3) is 0 Å². The lowest BCUT2D eigenvalue weighted by molar-refractivity contribution is -0.143. The second-order valence-corrected chi connectivity index (χ2v) is 10.0. The lowest BCUT2D eigenvalue weighted by Gasteiger charge is -2.31. The fraction of sp³-hybridized carbons (Fsp3) is 0.556. The van der Waals surface area contributed by atoms with E-state index in [4.69, 9.17) is 10.5 Å². The van der Waals surface area contributed by atoms with Crippen LogP contribution in [0.5, 0.6) is 0 Å². The van der Waals surface area contributed by atoms with Gasteiger partial charge in [-0.1, -0.05) is 25.3 Å². The number of benzene rings is 2. The zero-order valence-electron chi connectivity index (χ0n) is 21.4. The summed E-state index contributed by atoms with van der Waals surface area (Å²) < 4.78 is 126. The molecule has 0 aromatic heterocycles. The largest absolute Gasteiger partial charge is 0.416 e. The fourth-order valence-electron chi connectivity index (χ4n) is 5.08. The highest BCUT2D eigenvalue weighted by Gasteiger charge is 2.38. The fourth-order valence-corrected chi connectivity index (χ4v) is 5.08. The normalized spacial score (nSPS) is 18.2. The van der Waals surface area contributed by atoms with Gasteiger partial charge in [0.25, 0.3) is 0 Å². The summed E-state index contributed by atoms with van der Waals surface area (Å²) in [6, 6.07) is 2.24. The summed E-state index contributed by atoms with van der Waals surface area (Å²) in [5, 5.41) is 2.90. The van der Waals surface area contributed by atoms with Crippen LogP contribution in [0.1, 0.15) is 84.6 Å². The number of alkyl halides is 9. The lowest BCUT2D eigenvalue weighted by Crippen LogP contribution is -2.37. The van der Waals surface area contributed by atoms with Gasteiger partial charge in [-0.25, -0.2) is 0 Å². The Bertz CT molecular complexity index is 1070. The zero-order valence-corrected chi connectivity index (χ0v) is 21.4. The number of rotatable bonds is 8. The Labute approximate surface area is 220 Å². The summed E-state index contributed by atoms with van der Waals surface area (Å²) >= 11 is 0. The van der Waals surface area contributed by atoms with Gasteiger partial charge in [0.2, 0.25) is 0 Å². The second kappa shape index (κ2) is 12.1. The van der Waals surface area contributed by atoms with Crippen LogP contribution in [-0.2, 0) is 29.8 Å². The van der Waals surface area contributed by atoms with E-state index in [2.05, 4.69) is 5.32 Å². The van der Waals surface area contributed by atoms with E-state index in [1.54, 1.807) is 0 Å². The van der Waals surface area contributed by atoms with E-state index in [0.29, 0.717) is 17.7 Å². The van der Waals surface area contributed by atoms with Gasteiger partial charge in [0.1, 0.15) is 0 Å². The maximum atomic E-state index is 13.5. The maximum Gasteiger partial charge on any atom is 0.416 e. The molecule has 0 bridgehead atoms. The molecular weight excluding hydrogens is 539 g/mol. The first-order chi connectivity index (χ1) is 18.0. The smallest absolute Gasteiger partial charge is 0.376 e. The number of hydrogen-bond acceptors (Lipinski definition) is 3. The Morgan fingerprint density at radius 1 is 0.821 bits per heavy atom. The molecule has 2 aromatic rings. The third-order valence-electron chi connectivity index (χ3n) is 7.26. The van der Waals surface area contributed by atoms with E-state index in [1.165, 1.54) is 20.1 Å². The molecule has 3 rings (SSSR count). The van der Waals surface area contributed by atoms with Crippen LogP contribution in [0.2, 0.25) is 0 Å². The van der Waals surface area contributed by atoms with Crippen molar-refractivity contribution in [1.82, 2.24) is 5.32 Å². The SMILES string of the molecule is CO[C@H](c1ccc(C(F)(F)F)cc1CN[C@@H](C)C(N)c1cc(C(F)(F)F)cc(C(F)(F)F)c1)C1CCCCC1. The van der Waals surface area contributed by atoms with Gasteiger partial charge in [-0.15, -0.1) is 0 Å². The van der Waals surface area contributed by atoms with Crippen molar-refractivity contribution in [2.75, 3.05) is 7.11 Å². The van der Waals surface area contributed by atoms with Crippen molar-refractivity contribution in [3.8, 4) is 0 Å². The molecule has 0 radical (unpaired) electrons. The number of halogens is 9. The minimum Gasteiger partial charge on any atom is -0.376 e. The molecule has 218 valence electrons. The van der Waals surface area contributed by atoms with E-state index in [9.17, 15) is 39.5 Å². The van der Waals surface area contributed by atoms with Crippen LogP contribution in [0, 0.1) is 5.92 Å². The van der Waals surface area contributed by atoms with Gasteiger partial charge in [0.05, 0.1) is 22.8 Å². The molecule has 1 aliphatic carbocycles. The first-order valence-electron chi connectivity index (χ1n) is 12.5. The molecule has 0 spiro atoms. The molecule has 1 aliphatic rings. The van der Waals surface area contributed by atoms with Crippen LogP contribution in [0.15, 0.2) is 36.4 Å². The van der Waals surface area contributed by atoms with Crippen LogP contribution in [0.3, 0.4) is 0 Å². The van der Waals surface area contributed by atoms with Gasteiger partial charge in [0.15, 0.2) is 0 Å². The lowest BCUT2D eigenvalue weighted by atomic mass is 9.81. The molecule has 1 fully saturated rings. The minimum absolute atomic E-state index is 0.0133. The highest BCUT2D eigenvalue weighted by atomic mass is 19.4. The first kappa shape index (κ1) is 31.2.